The van der Waals surface area contributed by atoms with Crippen LogP contribution in [-0.2, 0) is 0 Å². The van der Waals surface area contributed by atoms with E-state index >= 15 is 0 Å². The van der Waals surface area contributed by atoms with Gasteiger partial charge in [0.2, 0.25) is 0 Å². The molecule has 5 nitrogen and oxygen atoms in total. The lowest BCUT2D eigenvalue weighted by molar-refractivity contribution is 0.0873. The molecule has 2 aromatic carbocycles. The molecule has 1 fully saturated rings. The van der Waals surface area contributed by atoms with Crippen LogP contribution < -0.4 is 15.4 Å². The number of ether oxygens (including phenoxy) is 1. The summed E-state index contributed by atoms with van der Waals surface area (Å²) >= 11 is 3.57. The predicted molar refractivity (Wildman–Crippen MR) is 128 cm³/mol. The van der Waals surface area contributed by atoms with Gasteiger partial charge in [-0.1, -0.05) is 12.1 Å². The van der Waals surface area contributed by atoms with Crippen molar-refractivity contribution in [2.24, 2.45) is 0 Å². The number of hydrogen-bond acceptors (Lipinski definition) is 4. The zero-order valence-corrected chi connectivity index (χ0v) is 19.9. The van der Waals surface area contributed by atoms with E-state index in [1.165, 1.54) is 0 Å². The van der Waals surface area contributed by atoms with Crippen LogP contribution in [-0.4, -0.2) is 28.0 Å². The summed E-state index contributed by atoms with van der Waals surface area (Å²) in [5.41, 5.74) is 0.563. The number of halogens is 1. The molecule has 4 rings (SSSR count). The Bertz CT molecular complexity index is 1110. The SMILES string of the molecule is CC1(C)CC(NC(=O)c2ccc(Oc3cccc4cnccc34)c(Br)c2)CC(C)(C)N1. The van der Waals surface area contributed by atoms with E-state index in [0.29, 0.717) is 11.3 Å². The summed E-state index contributed by atoms with van der Waals surface area (Å²) in [5, 5.41) is 8.87. The summed E-state index contributed by atoms with van der Waals surface area (Å²) in [6.45, 7) is 8.72. The monoisotopic (exact) mass is 481 g/mol. The second-order valence-electron chi connectivity index (χ2n) is 9.57. The molecule has 1 saturated heterocycles. The van der Waals surface area contributed by atoms with Crippen LogP contribution in [0.5, 0.6) is 11.5 Å². The quantitative estimate of drug-likeness (QED) is 0.491. The third-order valence-corrected chi connectivity index (χ3v) is 6.20. The minimum absolute atomic E-state index is 0.0219. The van der Waals surface area contributed by atoms with Crippen LogP contribution in [0.2, 0.25) is 0 Å². The van der Waals surface area contributed by atoms with E-state index in [4.69, 9.17) is 4.74 Å². The molecule has 6 heteroatoms. The van der Waals surface area contributed by atoms with Crippen LogP contribution in [0, 0.1) is 0 Å². The van der Waals surface area contributed by atoms with E-state index in [2.05, 4.69) is 59.2 Å². The summed E-state index contributed by atoms with van der Waals surface area (Å²) in [5.74, 6) is 1.34. The Labute approximate surface area is 191 Å². The van der Waals surface area contributed by atoms with Gasteiger partial charge in [-0.05, 0) is 86.8 Å². The highest BCUT2D eigenvalue weighted by Crippen LogP contribution is 2.34. The number of benzene rings is 2. The molecule has 0 spiro atoms. The van der Waals surface area contributed by atoms with Crippen molar-refractivity contribution in [2.75, 3.05) is 0 Å². The van der Waals surface area contributed by atoms with Crippen molar-refractivity contribution in [3.63, 3.8) is 0 Å². The molecule has 1 aromatic heterocycles. The largest absolute Gasteiger partial charge is 0.456 e. The van der Waals surface area contributed by atoms with Gasteiger partial charge in [0.1, 0.15) is 11.5 Å². The maximum absolute atomic E-state index is 12.9. The van der Waals surface area contributed by atoms with Crippen LogP contribution in [0.3, 0.4) is 0 Å². The van der Waals surface area contributed by atoms with Gasteiger partial charge in [-0.15, -0.1) is 0 Å². The van der Waals surface area contributed by atoms with E-state index in [-0.39, 0.29) is 23.0 Å². The third-order valence-electron chi connectivity index (χ3n) is 5.58. The lowest BCUT2D eigenvalue weighted by Gasteiger charge is -2.46. The van der Waals surface area contributed by atoms with Gasteiger partial charge < -0.3 is 15.4 Å². The van der Waals surface area contributed by atoms with Gasteiger partial charge in [0.05, 0.1) is 4.47 Å². The second kappa shape index (κ2) is 8.24. The first-order valence-electron chi connectivity index (χ1n) is 10.5. The van der Waals surface area contributed by atoms with Crippen LogP contribution in [0.25, 0.3) is 10.8 Å². The number of rotatable bonds is 4. The van der Waals surface area contributed by atoms with Crippen LogP contribution in [0.1, 0.15) is 50.9 Å². The Morgan fingerprint density at radius 2 is 1.84 bits per heavy atom. The van der Waals surface area contributed by atoms with E-state index in [0.717, 1.165) is 33.8 Å². The number of nitrogens with one attached hydrogen (secondary N) is 2. The summed E-state index contributed by atoms with van der Waals surface area (Å²) < 4.78 is 6.88. The smallest absolute Gasteiger partial charge is 0.251 e. The molecule has 31 heavy (non-hydrogen) atoms. The first-order valence-corrected chi connectivity index (χ1v) is 11.3. The van der Waals surface area contributed by atoms with Crippen molar-refractivity contribution < 1.29 is 9.53 Å². The molecule has 0 aliphatic carbocycles. The third kappa shape index (κ3) is 5.08. The van der Waals surface area contributed by atoms with Crippen molar-refractivity contribution >= 4 is 32.6 Å². The molecule has 2 heterocycles. The predicted octanol–water partition coefficient (Wildman–Crippen LogP) is 5.83. The average Bonchev–Trinajstić information content (AvgIpc) is 2.67. The number of pyridine rings is 1. The van der Waals surface area contributed by atoms with Gasteiger partial charge in [-0.2, -0.15) is 0 Å². The molecule has 0 saturated carbocycles. The normalized spacial score (nSPS) is 18.0. The first-order chi connectivity index (χ1) is 14.6. The van der Waals surface area contributed by atoms with Crippen molar-refractivity contribution in [2.45, 2.75) is 57.7 Å². The fourth-order valence-corrected chi connectivity index (χ4v) is 5.18. The van der Waals surface area contributed by atoms with Gasteiger partial charge in [0, 0.05) is 45.8 Å². The highest BCUT2D eigenvalue weighted by atomic mass is 79.9. The summed E-state index contributed by atoms with van der Waals surface area (Å²) in [7, 11) is 0. The lowest BCUT2D eigenvalue weighted by Crippen LogP contribution is -2.62. The van der Waals surface area contributed by atoms with Gasteiger partial charge in [-0.25, -0.2) is 0 Å². The molecule has 0 bridgehead atoms. The molecule has 0 atom stereocenters. The van der Waals surface area contributed by atoms with E-state index < -0.39 is 0 Å². The fraction of sp³-hybridized carbons (Fsp3) is 0.360. The molecule has 3 aromatic rings. The zero-order chi connectivity index (χ0) is 22.2. The van der Waals surface area contributed by atoms with Gasteiger partial charge in [-0.3, -0.25) is 9.78 Å². The number of piperidine rings is 1. The zero-order valence-electron chi connectivity index (χ0n) is 18.3. The van der Waals surface area contributed by atoms with E-state index in [9.17, 15) is 4.79 Å². The topological polar surface area (TPSA) is 63.2 Å². The highest BCUT2D eigenvalue weighted by molar-refractivity contribution is 9.10. The minimum Gasteiger partial charge on any atom is -0.456 e. The van der Waals surface area contributed by atoms with Crippen LogP contribution >= 0.6 is 15.9 Å². The molecule has 1 amide bonds. The Balaban J connectivity index is 1.50. The molecule has 1 aliphatic heterocycles. The fourth-order valence-electron chi connectivity index (χ4n) is 4.72. The van der Waals surface area contributed by atoms with Crippen molar-refractivity contribution in [1.29, 1.82) is 0 Å². The maximum atomic E-state index is 12.9. The lowest BCUT2D eigenvalue weighted by atomic mass is 9.79. The second-order valence-corrected chi connectivity index (χ2v) is 10.4. The molecule has 0 unspecified atom stereocenters. The van der Waals surface area contributed by atoms with Crippen molar-refractivity contribution in [3.8, 4) is 11.5 Å². The van der Waals surface area contributed by atoms with Gasteiger partial charge in [0.25, 0.3) is 5.91 Å². The number of amides is 1. The van der Waals surface area contributed by atoms with E-state index in [1.54, 1.807) is 12.3 Å². The Morgan fingerprint density at radius 3 is 2.55 bits per heavy atom. The van der Waals surface area contributed by atoms with Crippen LogP contribution in [0.15, 0.2) is 59.3 Å². The molecular formula is C25H28BrN3O2. The number of carbonyl (C=O) groups is 1. The number of carbonyl (C=O) groups excluding carboxylic acids is 1. The average molecular weight is 482 g/mol. The molecular weight excluding hydrogens is 454 g/mol. The Hall–Kier alpha value is -2.44. The Morgan fingerprint density at radius 1 is 1.10 bits per heavy atom. The number of fused-ring (bicyclic) bond motifs is 1. The Kier molecular flexibility index (Phi) is 5.79. The summed E-state index contributed by atoms with van der Waals surface area (Å²) in [4.78, 5) is 17.1. The summed E-state index contributed by atoms with van der Waals surface area (Å²) in [6, 6.07) is 13.4. The molecule has 1 aliphatic rings. The standard InChI is InChI=1S/C25H28BrN3O2/c1-24(2)13-18(14-25(3,4)29-24)28-23(30)16-8-9-22(20(26)12-16)31-21-7-5-6-17-15-27-11-10-19(17)21/h5-12,15,18,29H,13-14H2,1-4H3,(H,28,30). The van der Waals surface area contributed by atoms with Crippen LogP contribution in [0.4, 0.5) is 0 Å². The number of hydrogen-bond donors (Lipinski definition) is 2. The van der Waals surface area contributed by atoms with E-state index in [1.807, 2.05) is 42.6 Å². The van der Waals surface area contributed by atoms with Crippen molar-refractivity contribution in [1.82, 2.24) is 15.6 Å². The number of aromatic nitrogens is 1. The first kappa shape index (κ1) is 21.8. The number of nitrogens with zero attached hydrogens (tertiary/aromatic N) is 1. The molecule has 162 valence electrons. The maximum Gasteiger partial charge on any atom is 0.251 e. The molecule has 2 N–H and O–H groups in total. The van der Waals surface area contributed by atoms with Crippen molar-refractivity contribution in [3.05, 3.63) is 64.9 Å². The highest BCUT2D eigenvalue weighted by Gasteiger charge is 2.38. The minimum atomic E-state index is -0.0676. The van der Waals surface area contributed by atoms with Gasteiger partial charge in [0.15, 0.2) is 0 Å². The van der Waals surface area contributed by atoms with Gasteiger partial charge >= 0.3 is 0 Å². The summed E-state index contributed by atoms with van der Waals surface area (Å²) in [6.07, 6.45) is 5.34. The molecule has 0 radical (unpaired) electrons.